The first kappa shape index (κ1) is 18.5. The summed E-state index contributed by atoms with van der Waals surface area (Å²) < 4.78 is 11.9. The van der Waals surface area contributed by atoms with Crippen LogP contribution in [0.5, 0.6) is 0 Å². The van der Waals surface area contributed by atoms with Crippen molar-refractivity contribution in [3.05, 3.63) is 0 Å². The number of fused-ring (bicyclic) bond motifs is 2. The van der Waals surface area contributed by atoms with Crippen LogP contribution in [0.25, 0.3) is 0 Å². The SMILES string of the molecule is CCN1C[C@@H]2CC[C@H](OC)[C@]34C1[C@H](C[C@H]23)[C@@]1(O)C[C@H](OC)[C@H]2C[C@@H]4[C@]1(O)[C@H]2O. The van der Waals surface area contributed by atoms with E-state index in [1.807, 2.05) is 7.11 Å². The van der Waals surface area contributed by atoms with E-state index in [0.29, 0.717) is 18.3 Å². The fraction of sp³-hybridized carbons (Fsp3) is 1.00. The number of aliphatic hydroxyl groups is 3. The van der Waals surface area contributed by atoms with Crippen molar-refractivity contribution in [1.82, 2.24) is 4.90 Å². The molecule has 1 spiro atoms. The van der Waals surface area contributed by atoms with Gasteiger partial charge in [0.25, 0.3) is 0 Å². The number of hydrogen-bond acceptors (Lipinski definition) is 6. The summed E-state index contributed by atoms with van der Waals surface area (Å²) in [6.45, 7) is 4.28. The van der Waals surface area contributed by atoms with Gasteiger partial charge >= 0.3 is 0 Å². The van der Waals surface area contributed by atoms with Gasteiger partial charge in [-0.2, -0.15) is 0 Å². The van der Waals surface area contributed by atoms with Gasteiger partial charge in [0.15, 0.2) is 0 Å². The Kier molecular flexibility index (Phi) is 3.65. The molecule has 5 aliphatic carbocycles. The lowest BCUT2D eigenvalue weighted by atomic mass is 9.44. The number of rotatable bonds is 3. The molecule has 6 fully saturated rings. The van der Waals surface area contributed by atoms with Crippen molar-refractivity contribution >= 4 is 0 Å². The van der Waals surface area contributed by atoms with Crippen LogP contribution in [-0.4, -0.2) is 83.1 Å². The molecule has 0 aromatic rings. The predicted octanol–water partition coefficient (Wildman–Crippen LogP) is 0.630. The maximum Gasteiger partial charge on any atom is 0.123 e. The van der Waals surface area contributed by atoms with Crippen molar-refractivity contribution < 1.29 is 24.8 Å². The summed E-state index contributed by atoms with van der Waals surface area (Å²) in [5.74, 6) is 0.794. The zero-order valence-corrected chi connectivity index (χ0v) is 17.3. The van der Waals surface area contributed by atoms with E-state index in [1.54, 1.807) is 7.11 Å². The maximum atomic E-state index is 12.2. The molecule has 5 saturated carbocycles. The number of hydrogen-bond donors (Lipinski definition) is 3. The van der Waals surface area contributed by atoms with E-state index in [4.69, 9.17) is 9.47 Å². The van der Waals surface area contributed by atoms with Crippen molar-refractivity contribution in [2.75, 3.05) is 27.3 Å². The highest BCUT2D eigenvalue weighted by molar-refractivity contribution is 5.36. The molecule has 28 heavy (non-hydrogen) atoms. The van der Waals surface area contributed by atoms with Gasteiger partial charge in [0.05, 0.1) is 18.3 Å². The molecule has 6 nitrogen and oxygen atoms in total. The van der Waals surface area contributed by atoms with E-state index in [-0.39, 0.29) is 41.4 Å². The van der Waals surface area contributed by atoms with Crippen LogP contribution < -0.4 is 0 Å². The Morgan fingerprint density at radius 2 is 1.86 bits per heavy atom. The third-order valence-corrected chi connectivity index (χ3v) is 10.6. The molecule has 0 amide bonds. The lowest BCUT2D eigenvalue weighted by molar-refractivity contribution is -0.326. The summed E-state index contributed by atoms with van der Waals surface area (Å²) in [5.41, 5.74) is -2.91. The van der Waals surface area contributed by atoms with Crippen LogP contribution in [0.4, 0.5) is 0 Å². The normalized spacial score (nSPS) is 64.3. The second-order valence-electron chi connectivity index (χ2n) is 10.7. The van der Waals surface area contributed by atoms with Crippen LogP contribution in [0.3, 0.4) is 0 Å². The highest BCUT2D eigenvalue weighted by Crippen LogP contribution is 2.78. The molecule has 158 valence electrons. The van der Waals surface area contributed by atoms with Crippen molar-refractivity contribution in [2.45, 2.75) is 74.6 Å². The average molecular weight is 394 g/mol. The molecule has 3 N–H and O–H groups in total. The number of nitrogens with zero attached hydrogens (tertiary/aromatic N) is 1. The standard InChI is InChI=1S/C22H35NO5/c1-4-23-10-11-5-6-17(28-3)21-13(11)8-14(18(21)23)20(25)9-15(27-2)12-7-16(21)22(20,26)19(12)24/h11-19,24-26H,4-10H2,1-3H3/t11-,12+,13+,14-,15-,16-,17-,18?,19-,20-,21-,22-/m0/s1. The lowest BCUT2D eigenvalue weighted by Crippen LogP contribution is -2.81. The van der Waals surface area contributed by atoms with Crippen molar-refractivity contribution in [2.24, 2.45) is 35.0 Å². The van der Waals surface area contributed by atoms with Crippen LogP contribution in [0.1, 0.15) is 39.0 Å². The highest BCUT2D eigenvalue weighted by atomic mass is 16.5. The van der Waals surface area contributed by atoms with Gasteiger partial charge < -0.3 is 24.8 Å². The molecule has 0 radical (unpaired) electrons. The van der Waals surface area contributed by atoms with E-state index in [1.165, 1.54) is 0 Å². The Hall–Kier alpha value is -0.240. The summed E-state index contributed by atoms with van der Waals surface area (Å²) in [6.07, 6.45) is 3.25. The fourth-order valence-electron chi connectivity index (χ4n) is 9.96. The van der Waals surface area contributed by atoms with Gasteiger partial charge in [-0.25, -0.2) is 0 Å². The molecule has 12 atom stereocenters. The molecule has 1 unspecified atom stereocenters. The molecule has 7 bridgehead atoms. The Bertz CT molecular complexity index is 690. The first-order valence-electron chi connectivity index (χ1n) is 11.3. The summed E-state index contributed by atoms with van der Waals surface area (Å²) in [4.78, 5) is 2.58. The molecule has 6 heteroatoms. The van der Waals surface area contributed by atoms with Crippen molar-refractivity contribution in [1.29, 1.82) is 0 Å². The molecule has 6 aliphatic rings. The third kappa shape index (κ3) is 1.62. The van der Waals surface area contributed by atoms with Gasteiger partial charge in [0.2, 0.25) is 0 Å². The van der Waals surface area contributed by atoms with Crippen LogP contribution in [0.2, 0.25) is 0 Å². The van der Waals surface area contributed by atoms with Gasteiger partial charge in [0.1, 0.15) is 11.2 Å². The molecule has 1 heterocycles. The summed E-state index contributed by atoms with van der Waals surface area (Å²) in [7, 11) is 3.49. The van der Waals surface area contributed by atoms with Crippen LogP contribution in [0.15, 0.2) is 0 Å². The fourth-order valence-corrected chi connectivity index (χ4v) is 9.96. The molecular weight excluding hydrogens is 358 g/mol. The van der Waals surface area contributed by atoms with Gasteiger partial charge in [-0.15, -0.1) is 0 Å². The highest BCUT2D eigenvalue weighted by Gasteiger charge is 2.86. The molecule has 6 rings (SSSR count). The third-order valence-electron chi connectivity index (χ3n) is 10.6. The van der Waals surface area contributed by atoms with E-state index in [0.717, 1.165) is 38.8 Å². The molecule has 0 aromatic carbocycles. The monoisotopic (exact) mass is 393 g/mol. The van der Waals surface area contributed by atoms with Crippen LogP contribution >= 0.6 is 0 Å². The van der Waals surface area contributed by atoms with Crippen molar-refractivity contribution in [3.8, 4) is 0 Å². The largest absolute Gasteiger partial charge is 0.390 e. The summed E-state index contributed by atoms with van der Waals surface area (Å²) in [6, 6.07) is 0.223. The van der Waals surface area contributed by atoms with Gasteiger partial charge in [-0.1, -0.05) is 6.92 Å². The summed E-state index contributed by atoms with van der Waals surface area (Å²) >= 11 is 0. The zero-order valence-electron chi connectivity index (χ0n) is 17.3. The Balaban J connectivity index is 1.61. The molecule has 0 aromatic heterocycles. The quantitative estimate of drug-likeness (QED) is 0.653. The van der Waals surface area contributed by atoms with E-state index >= 15 is 0 Å². The van der Waals surface area contributed by atoms with Crippen LogP contribution in [-0.2, 0) is 9.47 Å². The minimum absolute atomic E-state index is 0.0363. The van der Waals surface area contributed by atoms with E-state index in [9.17, 15) is 15.3 Å². The van der Waals surface area contributed by atoms with Crippen molar-refractivity contribution in [3.63, 3.8) is 0 Å². The second kappa shape index (κ2) is 5.51. The Morgan fingerprint density at radius 1 is 1.07 bits per heavy atom. The average Bonchev–Trinajstić information content (AvgIpc) is 3.05. The topological polar surface area (TPSA) is 82.4 Å². The number of likely N-dealkylation sites (tertiary alicyclic amines) is 1. The maximum absolute atomic E-state index is 12.2. The minimum Gasteiger partial charge on any atom is -0.390 e. The molecule has 1 aliphatic heterocycles. The number of methoxy groups -OCH3 is 2. The first-order valence-corrected chi connectivity index (χ1v) is 11.3. The van der Waals surface area contributed by atoms with E-state index in [2.05, 4.69) is 11.8 Å². The number of aliphatic hydroxyl groups excluding tert-OH is 1. The number of piperidine rings is 1. The molecular formula is C22H35NO5. The smallest absolute Gasteiger partial charge is 0.123 e. The summed E-state index contributed by atoms with van der Waals surface area (Å²) in [5, 5.41) is 35.6. The number of ether oxygens (including phenoxy) is 2. The van der Waals surface area contributed by atoms with E-state index < -0.39 is 17.3 Å². The first-order chi connectivity index (χ1) is 13.4. The Labute approximate surface area is 167 Å². The predicted molar refractivity (Wildman–Crippen MR) is 102 cm³/mol. The molecule has 1 saturated heterocycles. The second-order valence-corrected chi connectivity index (χ2v) is 10.7. The zero-order chi connectivity index (χ0) is 19.6. The Morgan fingerprint density at radius 3 is 2.54 bits per heavy atom. The van der Waals surface area contributed by atoms with Crippen LogP contribution in [0, 0.1) is 35.0 Å². The lowest BCUT2D eigenvalue weighted by Gasteiger charge is -2.69. The van der Waals surface area contributed by atoms with Gasteiger partial charge in [-0.05, 0) is 44.1 Å². The minimum atomic E-state index is -1.45. The van der Waals surface area contributed by atoms with Gasteiger partial charge in [-0.3, -0.25) is 4.90 Å². The van der Waals surface area contributed by atoms with Gasteiger partial charge in [0, 0.05) is 56.4 Å².